The average Bonchev–Trinajstić information content (AvgIpc) is 2.89. The number of benzene rings is 1. The Morgan fingerprint density at radius 2 is 2.04 bits per heavy atom. The van der Waals surface area contributed by atoms with Gasteiger partial charge in [0.2, 0.25) is 5.91 Å². The van der Waals surface area contributed by atoms with E-state index in [1.807, 2.05) is 0 Å². The quantitative estimate of drug-likeness (QED) is 0.627. The van der Waals surface area contributed by atoms with Gasteiger partial charge < -0.3 is 4.90 Å². The zero-order chi connectivity index (χ0) is 16.6. The number of nitrogens with zero attached hydrogens (tertiary/aromatic N) is 2. The van der Waals surface area contributed by atoms with Crippen molar-refractivity contribution in [2.45, 2.75) is 6.42 Å². The predicted octanol–water partition coefficient (Wildman–Crippen LogP) is 3.72. The third-order valence-corrected chi connectivity index (χ3v) is 4.57. The van der Waals surface area contributed by atoms with Gasteiger partial charge in [0.05, 0.1) is 0 Å². The van der Waals surface area contributed by atoms with Crippen molar-refractivity contribution in [1.29, 1.82) is 0 Å². The lowest BCUT2D eigenvalue weighted by molar-refractivity contribution is -0.128. The van der Waals surface area contributed by atoms with Crippen molar-refractivity contribution in [2.24, 2.45) is 5.92 Å². The first-order valence-corrected chi connectivity index (χ1v) is 7.92. The van der Waals surface area contributed by atoms with Crippen LogP contribution in [0, 0.1) is 5.92 Å². The van der Waals surface area contributed by atoms with Crippen molar-refractivity contribution in [3.05, 3.63) is 52.3 Å². The molecule has 23 heavy (non-hydrogen) atoms. The summed E-state index contributed by atoms with van der Waals surface area (Å²) in [5.74, 6) is -0.958. The molecule has 1 fully saturated rings. The van der Waals surface area contributed by atoms with Crippen molar-refractivity contribution in [3.63, 3.8) is 0 Å². The van der Waals surface area contributed by atoms with Gasteiger partial charge in [-0.1, -0.05) is 23.2 Å². The standard InChI is InChI=1S/C17H14Cl2N2O2/c1-21-5-4-13(17(21)23)16(22)11-6-10(8-20-9-11)14-7-12(18)2-3-15(14)19/h2-3,6-9,13H,4-5H2,1H3. The minimum Gasteiger partial charge on any atom is -0.345 e. The number of Topliss-reactive ketones (excluding diaryl/α,β-unsaturated/α-hetero) is 1. The number of pyridine rings is 1. The van der Waals surface area contributed by atoms with Gasteiger partial charge in [0.1, 0.15) is 5.92 Å². The van der Waals surface area contributed by atoms with Gasteiger partial charge >= 0.3 is 0 Å². The van der Waals surface area contributed by atoms with Gasteiger partial charge in [-0.15, -0.1) is 0 Å². The molecule has 1 aliphatic rings. The number of carbonyl (C=O) groups excluding carboxylic acids is 2. The van der Waals surface area contributed by atoms with Crippen molar-refractivity contribution in [2.75, 3.05) is 13.6 Å². The maximum atomic E-state index is 12.6. The molecule has 0 spiro atoms. The molecule has 2 aromatic rings. The number of aromatic nitrogens is 1. The van der Waals surface area contributed by atoms with E-state index in [1.54, 1.807) is 42.4 Å². The van der Waals surface area contributed by atoms with Gasteiger partial charge in [0.25, 0.3) is 0 Å². The third kappa shape index (κ3) is 3.09. The minimum atomic E-state index is -0.619. The van der Waals surface area contributed by atoms with Gasteiger partial charge in [0.15, 0.2) is 5.78 Å². The second-order valence-electron chi connectivity index (χ2n) is 5.55. The summed E-state index contributed by atoms with van der Waals surface area (Å²) < 4.78 is 0. The number of halogens is 2. The summed E-state index contributed by atoms with van der Waals surface area (Å²) in [6.07, 6.45) is 3.64. The summed E-state index contributed by atoms with van der Waals surface area (Å²) in [6, 6.07) is 6.83. The number of amides is 1. The van der Waals surface area contributed by atoms with E-state index in [9.17, 15) is 9.59 Å². The van der Waals surface area contributed by atoms with Crippen molar-refractivity contribution >= 4 is 34.9 Å². The molecule has 0 saturated carbocycles. The first-order valence-electron chi connectivity index (χ1n) is 7.17. The maximum absolute atomic E-state index is 12.6. The molecule has 1 saturated heterocycles. The Morgan fingerprint density at radius 3 is 2.74 bits per heavy atom. The monoisotopic (exact) mass is 348 g/mol. The van der Waals surface area contributed by atoms with Crippen LogP contribution in [0.15, 0.2) is 36.7 Å². The second kappa shape index (κ2) is 6.30. The van der Waals surface area contributed by atoms with E-state index in [1.165, 1.54) is 6.20 Å². The number of hydrogen-bond donors (Lipinski definition) is 0. The summed E-state index contributed by atoms with van der Waals surface area (Å²) in [5, 5.41) is 1.08. The molecular formula is C17H14Cl2N2O2. The van der Waals surface area contributed by atoms with E-state index in [4.69, 9.17) is 23.2 Å². The minimum absolute atomic E-state index is 0.138. The highest BCUT2D eigenvalue weighted by molar-refractivity contribution is 6.35. The fourth-order valence-corrected chi connectivity index (χ4v) is 3.11. The molecular weight excluding hydrogens is 335 g/mol. The van der Waals surface area contributed by atoms with Gasteiger partial charge in [-0.2, -0.15) is 0 Å². The molecule has 1 aliphatic heterocycles. The molecule has 1 unspecified atom stereocenters. The highest BCUT2D eigenvalue weighted by atomic mass is 35.5. The van der Waals surface area contributed by atoms with Gasteiger partial charge in [-0.25, -0.2) is 0 Å². The van der Waals surface area contributed by atoms with Crippen molar-refractivity contribution in [1.82, 2.24) is 9.88 Å². The molecule has 118 valence electrons. The fourth-order valence-electron chi connectivity index (χ4n) is 2.71. The van der Waals surface area contributed by atoms with Crippen LogP contribution in [0.5, 0.6) is 0 Å². The summed E-state index contributed by atoms with van der Waals surface area (Å²) in [5.41, 5.74) is 1.81. The molecule has 3 rings (SSSR count). The van der Waals surface area contributed by atoms with E-state index in [-0.39, 0.29) is 11.7 Å². The molecule has 1 amide bonds. The summed E-state index contributed by atoms with van der Waals surface area (Å²) >= 11 is 12.2. The van der Waals surface area contributed by atoms with Crippen LogP contribution in [0.3, 0.4) is 0 Å². The van der Waals surface area contributed by atoms with E-state index < -0.39 is 5.92 Å². The molecule has 6 heteroatoms. The van der Waals surface area contributed by atoms with Crippen LogP contribution >= 0.6 is 23.2 Å². The Kier molecular flexibility index (Phi) is 4.37. The number of ketones is 1. The van der Waals surface area contributed by atoms with Crippen LogP contribution in [0.4, 0.5) is 0 Å². The predicted molar refractivity (Wildman–Crippen MR) is 89.8 cm³/mol. The zero-order valence-electron chi connectivity index (χ0n) is 12.4. The van der Waals surface area contributed by atoms with Crippen LogP contribution in [0.1, 0.15) is 16.8 Å². The van der Waals surface area contributed by atoms with Crippen LogP contribution in [0.2, 0.25) is 10.0 Å². The third-order valence-electron chi connectivity index (χ3n) is 4.01. The van der Waals surface area contributed by atoms with Crippen molar-refractivity contribution in [3.8, 4) is 11.1 Å². The Bertz CT molecular complexity index is 792. The van der Waals surface area contributed by atoms with Crippen LogP contribution in [-0.2, 0) is 4.79 Å². The lowest BCUT2D eigenvalue weighted by Crippen LogP contribution is -2.27. The molecule has 0 radical (unpaired) electrons. The largest absolute Gasteiger partial charge is 0.345 e. The van der Waals surface area contributed by atoms with Crippen LogP contribution < -0.4 is 0 Å². The molecule has 4 nitrogen and oxygen atoms in total. The molecule has 0 bridgehead atoms. The van der Waals surface area contributed by atoms with E-state index >= 15 is 0 Å². The zero-order valence-corrected chi connectivity index (χ0v) is 13.9. The number of carbonyl (C=O) groups is 2. The van der Waals surface area contributed by atoms with Crippen molar-refractivity contribution < 1.29 is 9.59 Å². The topological polar surface area (TPSA) is 50.3 Å². The Balaban J connectivity index is 1.96. The summed E-state index contributed by atoms with van der Waals surface area (Å²) in [4.78, 5) is 30.3. The summed E-state index contributed by atoms with van der Waals surface area (Å²) in [6.45, 7) is 0.600. The number of rotatable bonds is 3. The first-order chi connectivity index (χ1) is 11.0. The van der Waals surface area contributed by atoms with Gasteiger partial charge in [-0.3, -0.25) is 14.6 Å². The molecule has 1 aromatic heterocycles. The van der Waals surface area contributed by atoms with Gasteiger partial charge in [-0.05, 0) is 30.7 Å². The second-order valence-corrected chi connectivity index (χ2v) is 6.40. The maximum Gasteiger partial charge on any atom is 0.233 e. The van der Waals surface area contributed by atoms with Crippen LogP contribution in [-0.4, -0.2) is 35.2 Å². The van der Waals surface area contributed by atoms with E-state index in [0.717, 1.165) is 0 Å². The van der Waals surface area contributed by atoms with Gasteiger partial charge in [0, 0.05) is 52.7 Å². The Labute approximate surface area is 144 Å². The van der Waals surface area contributed by atoms with E-state index in [2.05, 4.69) is 4.98 Å². The molecule has 0 aliphatic carbocycles. The normalized spacial score (nSPS) is 17.6. The highest BCUT2D eigenvalue weighted by Crippen LogP contribution is 2.31. The summed E-state index contributed by atoms with van der Waals surface area (Å²) in [7, 11) is 1.70. The smallest absolute Gasteiger partial charge is 0.233 e. The number of hydrogen-bond acceptors (Lipinski definition) is 3. The molecule has 1 atom stereocenters. The Morgan fingerprint density at radius 1 is 1.26 bits per heavy atom. The SMILES string of the molecule is CN1CCC(C(=O)c2cncc(-c3cc(Cl)ccc3Cl)c2)C1=O. The number of likely N-dealkylation sites (tertiary alicyclic amines) is 1. The first kappa shape index (κ1) is 16.0. The van der Waals surface area contributed by atoms with Crippen LogP contribution in [0.25, 0.3) is 11.1 Å². The highest BCUT2D eigenvalue weighted by Gasteiger charge is 2.35. The Hall–Kier alpha value is -1.91. The molecule has 0 N–H and O–H groups in total. The molecule has 1 aromatic carbocycles. The fraction of sp³-hybridized carbons (Fsp3) is 0.235. The lowest BCUT2D eigenvalue weighted by Gasteiger charge is -2.11. The average molecular weight is 349 g/mol. The lowest BCUT2D eigenvalue weighted by atomic mass is 9.95. The molecule has 2 heterocycles. The van der Waals surface area contributed by atoms with E-state index in [0.29, 0.717) is 39.7 Å².